The number of hydrogen-bond donors (Lipinski definition) is 1. The molecule has 1 aliphatic heterocycles. The molecule has 1 unspecified atom stereocenters. The van der Waals surface area contributed by atoms with E-state index in [0.717, 1.165) is 11.1 Å². The monoisotopic (exact) mass is 360 g/mol. The summed E-state index contributed by atoms with van der Waals surface area (Å²) in [5, 5.41) is 9.04. The predicted octanol–water partition coefficient (Wildman–Crippen LogP) is 3.14. The summed E-state index contributed by atoms with van der Waals surface area (Å²) in [5.74, 6) is -1.51. The molecule has 2 aromatic carbocycles. The maximum absolute atomic E-state index is 13.8. The number of rotatable bonds is 5. The van der Waals surface area contributed by atoms with E-state index in [1.807, 2.05) is 24.0 Å². The number of nitrogens with zero attached hydrogens (tertiary/aromatic N) is 2. The highest BCUT2D eigenvalue weighted by Crippen LogP contribution is 2.31. The number of halogens is 2. The van der Waals surface area contributed by atoms with Gasteiger partial charge in [-0.05, 0) is 42.3 Å². The Morgan fingerprint density at radius 3 is 2.15 bits per heavy atom. The Kier molecular flexibility index (Phi) is 5.64. The molecule has 0 radical (unpaired) electrons. The lowest BCUT2D eigenvalue weighted by molar-refractivity contribution is -0.139. The lowest BCUT2D eigenvalue weighted by Gasteiger charge is -2.43. The summed E-state index contributed by atoms with van der Waals surface area (Å²) in [6.07, 6.45) is 0. The van der Waals surface area contributed by atoms with Crippen LogP contribution in [0.15, 0.2) is 48.5 Å². The highest BCUT2D eigenvalue weighted by atomic mass is 19.1. The van der Waals surface area contributed by atoms with Crippen LogP contribution >= 0.6 is 0 Å². The molecular weight excluding hydrogens is 338 g/mol. The van der Waals surface area contributed by atoms with Gasteiger partial charge in [0.25, 0.3) is 0 Å². The maximum Gasteiger partial charge on any atom is 0.317 e. The molecule has 1 heterocycles. The number of aliphatic carboxylic acids is 1. The van der Waals surface area contributed by atoms with E-state index in [2.05, 4.69) is 4.90 Å². The van der Waals surface area contributed by atoms with Crippen molar-refractivity contribution in [2.24, 2.45) is 0 Å². The number of carbonyl (C=O) groups is 1. The molecule has 4 nitrogen and oxygen atoms in total. The summed E-state index contributed by atoms with van der Waals surface area (Å²) < 4.78 is 27.6. The van der Waals surface area contributed by atoms with Gasteiger partial charge < -0.3 is 5.11 Å². The van der Waals surface area contributed by atoms with Gasteiger partial charge in [-0.3, -0.25) is 14.6 Å². The van der Waals surface area contributed by atoms with E-state index in [4.69, 9.17) is 5.11 Å². The van der Waals surface area contributed by atoms with Gasteiger partial charge in [0.2, 0.25) is 0 Å². The Hall–Kier alpha value is -2.31. The van der Waals surface area contributed by atoms with Gasteiger partial charge in [0.15, 0.2) is 0 Å². The standard InChI is InChI=1S/C20H22F2N2O2/c1-14-12-24(9-8-23(14)13-19(25)26)20(15-4-2-6-17(21)10-15)16-5-3-7-18(22)11-16/h2-7,10-11,14,20H,8-9,12-13H2,1H3,(H,25,26). The van der Waals surface area contributed by atoms with Crippen LogP contribution in [0.25, 0.3) is 0 Å². The van der Waals surface area contributed by atoms with E-state index in [0.29, 0.717) is 19.6 Å². The minimum Gasteiger partial charge on any atom is -0.480 e. The number of hydrogen-bond acceptors (Lipinski definition) is 3. The maximum atomic E-state index is 13.8. The van der Waals surface area contributed by atoms with Crippen molar-refractivity contribution in [2.45, 2.75) is 19.0 Å². The normalized spacial score (nSPS) is 19.0. The minimum atomic E-state index is -0.850. The molecule has 3 rings (SSSR count). The van der Waals surface area contributed by atoms with Crippen molar-refractivity contribution >= 4 is 5.97 Å². The second kappa shape index (κ2) is 7.93. The van der Waals surface area contributed by atoms with Gasteiger partial charge in [-0.15, -0.1) is 0 Å². The molecule has 1 atom stereocenters. The summed E-state index contributed by atoms with van der Waals surface area (Å²) in [4.78, 5) is 15.1. The van der Waals surface area contributed by atoms with Gasteiger partial charge in [-0.2, -0.15) is 0 Å². The molecule has 6 heteroatoms. The summed E-state index contributed by atoms with van der Waals surface area (Å²) in [7, 11) is 0. The van der Waals surface area contributed by atoms with E-state index >= 15 is 0 Å². The summed E-state index contributed by atoms with van der Waals surface area (Å²) >= 11 is 0. The van der Waals surface area contributed by atoms with Crippen LogP contribution in [0.5, 0.6) is 0 Å². The van der Waals surface area contributed by atoms with Crippen molar-refractivity contribution in [3.8, 4) is 0 Å². The van der Waals surface area contributed by atoms with Crippen molar-refractivity contribution < 1.29 is 18.7 Å². The first-order valence-electron chi connectivity index (χ1n) is 8.65. The van der Waals surface area contributed by atoms with Crippen LogP contribution in [0.1, 0.15) is 24.1 Å². The van der Waals surface area contributed by atoms with Crippen LogP contribution in [0.2, 0.25) is 0 Å². The van der Waals surface area contributed by atoms with Crippen molar-refractivity contribution in [1.29, 1.82) is 0 Å². The molecule has 0 aliphatic carbocycles. The fourth-order valence-electron chi connectivity index (χ4n) is 3.63. The van der Waals surface area contributed by atoms with Crippen LogP contribution in [0, 0.1) is 11.6 Å². The molecule has 1 aliphatic rings. The lowest BCUT2D eigenvalue weighted by Crippen LogP contribution is -2.54. The van der Waals surface area contributed by atoms with E-state index in [1.165, 1.54) is 24.3 Å². The molecule has 138 valence electrons. The summed E-state index contributed by atoms with van der Waals surface area (Å²) in [5.41, 5.74) is 1.52. The van der Waals surface area contributed by atoms with E-state index in [9.17, 15) is 13.6 Å². The third kappa shape index (κ3) is 4.26. The fraction of sp³-hybridized carbons (Fsp3) is 0.350. The SMILES string of the molecule is CC1CN(C(c2cccc(F)c2)c2cccc(F)c2)CCN1CC(=O)O. The number of piperazine rings is 1. The quantitative estimate of drug-likeness (QED) is 0.890. The Morgan fingerprint density at radius 2 is 1.69 bits per heavy atom. The van der Waals surface area contributed by atoms with Crippen LogP contribution < -0.4 is 0 Å². The fourth-order valence-corrected chi connectivity index (χ4v) is 3.63. The first-order valence-corrected chi connectivity index (χ1v) is 8.65. The average Bonchev–Trinajstić information content (AvgIpc) is 2.57. The van der Waals surface area contributed by atoms with E-state index < -0.39 is 5.97 Å². The molecule has 1 fully saturated rings. The van der Waals surface area contributed by atoms with Crippen LogP contribution in [-0.4, -0.2) is 53.1 Å². The zero-order chi connectivity index (χ0) is 18.7. The molecule has 1 saturated heterocycles. The van der Waals surface area contributed by atoms with Gasteiger partial charge in [-0.1, -0.05) is 24.3 Å². The smallest absolute Gasteiger partial charge is 0.317 e. The van der Waals surface area contributed by atoms with Gasteiger partial charge >= 0.3 is 5.97 Å². The Balaban J connectivity index is 1.91. The van der Waals surface area contributed by atoms with Crippen molar-refractivity contribution in [3.05, 3.63) is 71.3 Å². The van der Waals surface area contributed by atoms with E-state index in [-0.39, 0.29) is 30.3 Å². The molecule has 1 N–H and O–H groups in total. The topological polar surface area (TPSA) is 43.8 Å². The zero-order valence-electron chi connectivity index (χ0n) is 14.6. The Morgan fingerprint density at radius 1 is 1.12 bits per heavy atom. The average molecular weight is 360 g/mol. The summed E-state index contributed by atoms with van der Waals surface area (Å²) in [6, 6.07) is 12.5. The molecule has 26 heavy (non-hydrogen) atoms. The van der Waals surface area contributed by atoms with Gasteiger partial charge in [0.1, 0.15) is 11.6 Å². The van der Waals surface area contributed by atoms with Gasteiger partial charge in [0, 0.05) is 25.7 Å². The van der Waals surface area contributed by atoms with Crippen LogP contribution in [0.4, 0.5) is 8.78 Å². The molecule has 0 saturated carbocycles. The first kappa shape index (κ1) is 18.5. The molecule has 0 spiro atoms. The van der Waals surface area contributed by atoms with Crippen LogP contribution in [-0.2, 0) is 4.79 Å². The lowest BCUT2D eigenvalue weighted by atomic mass is 9.95. The first-order chi connectivity index (χ1) is 12.4. The van der Waals surface area contributed by atoms with Gasteiger partial charge in [-0.25, -0.2) is 8.78 Å². The molecule has 2 aromatic rings. The Labute approximate surface area is 151 Å². The number of benzene rings is 2. The predicted molar refractivity (Wildman–Crippen MR) is 94.9 cm³/mol. The number of carboxylic acids is 1. The van der Waals surface area contributed by atoms with Crippen molar-refractivity contribution in [3.63, 3.8) is 0 Å². The second-order valence-electron chi connectivity index (χ2n) is 6.72. The summed E-state index contributed by atoms with van der Waals surface area (Å²) in [6.45, 7) is 3.80. The second-order valence-corrected chi connectivity index (χ2v) is 6.72. The van der Waals surface area contributed by atoms with Crippen molar-refractivity contribution in [1.82, 2.24) is 9.80 Å². The van der Waals surface area contributed by atoms with Crippen molar-refractivity contribution in [2.75, 3.05) is 26.2 Å². The zero-order valence-corrected chi connectivity index (χ0v) is 14.6. The minimum absolute atomic E-state index is 0.000393. The molecular formula is C20H22F2N2O2. The Bertz CT molecular complexity index is 738. The molecule has 0 amide bonds. The van der Waals surface area contributed by atoms with E-state index in [1.54, 1.807) is 12.1 Å². The van der Waals surface area contributed by atoms with Crippen LogP contribution in [0.3, 0.4) is 0 Å². The highest BCUT2D eigenvalue weighted by molar-refractivity contribution is 5.69. The molecule has 0 aromatic heterocycles. The van der Waals surface area contributed by atoms with Gasteiger partial charge in [0.05, 0.1) is 12.6 Å². The third-order valence-electron chi connectivity index (χ3n) is 4.83. The largest absolute Gasteiger partial charge is 0.480 e. The molecule has 0 bridgehead atoms. The highest BCUT2D eigenvalue weighted by Gasteiger charge is 2.31. The third-order valence-corrected chi connectivity index (χ3v) is 4.83. The number of carboxylic acid groups (broad SMARTS) is 1.